The predicted octanol–water partition coefficient (Wildman–Crippen LogP) is 7.82. The highest BCUT2D eigenvalue weighted by Crippen LogP contribution is 2.44. The molecule has 3 fully saturated rings. The Morgan fingerprint density at radius 1 is 1.00 bits per heavy atom. The monoisotopic (exact) mass is 550 g/mol. The van der Waals surface area contributed by atoms with Crippen LogP contribution in [0.4, 0.5) is 13.2 Å². The van der Waals surface area contributed by atoms with E-state index in [0.717, 1.165) is 25.6 Å². The number of benzene rings is 1. The molecule has 2 aliphatic heterocycles. The van der Waals surface area contributed by atoms with E-state index in [4.69, 9.17) is 4.43 Å². The van der Waals surface area contributed by atoms with E-state index in [9.17, 15) is 13.2 Å². The van der Waals surface area contributed by atoms with Crippen LogP contribution >= 0.6 is 0 Å². The van der Waals surface area contributed by atoms with Crippen LogP contribution < -0.4 is 5.19 Å². The average Bonchev–Trinajstić information content (AvgIpc) is 2.84. The van der Waals surface area contributed by atoms with E-state index in [1.807, 2.05) is 0 Å². The molecule has 2 nitrogen and oxygen atoms in total. The SMILES string of the molecule is C[Si](C[C@@H]1/C(=C\C2CCCCC2)CN2CCCC[C@H]2[C@H]1O[Si](C)(C)C(C)(C)C)c1cc(F)c(F)c(F)c1. The molecule has 1 radical (unpaired) electrons. The lowest BCUT2D eigenvalue weighted by atomic mass is 9.78. The Morgan fingerprint density at radius 2 is 1.62 bits per heavy atom. The summed E-state index contributed by atoms with van der Waals surface area (Å²) in [4.78, 5) is 2.67. The molecule has 4 rings (SSSR count). The second-order valence-electron chi connectivity index (χ2n) is 13.4. The van der Waals surface area contributed by atoms with Crippen molar-refractivity contribution in [1.82, 2.24) is 4.90 Å². The third-order valence-electron chi connectivity index (χ3n) is 9.64. The second kappa shape index (κ2) is 11.7. The molecule has 37 heavy (non-hydrogen) atoms. The third kappa shape index (κ3) is 6.64. The molecule has 2 heterocycles. The molecule has 1 saturated carbocycles. The van der Waals surface area contributed by atoms with Crippen molar-refractivity contribution in [2.45, 2.75) is 115 Å². The Kier molecular flexibility index (Phi) is 9.19. The van der Waals surface area contributed by atoms with Crippen molar-refractivity contribution in [3.63, 3.8) is 0 Å². The van der Waals surface area contributed by atoms with Gasteiger partial charge in [0.15, 0.2) is 25.8 Å². The molecule has 0 spiro atoms. The molecule has 0 aromatic heterocycles. The summed E-state index contributed by atoms with van der Waals surface area (Å²) in [6.07, 6.45) is 12.7. The van der Waals surface area contributed by atoms with Crippen molar-refractivity contribution < 1.29 is 17.6 Å². The Balaban J connectivity index is 1.72. The van der Waals surface area contributed by atoms with Crippen LogP contribution in [0.2, 0.25) is 30.7 Å². The van der Waals surface area contributed by atoms with Crippen molar-refractivity contribution in [1.29, 1.82) is 0 Å². The molecule has 3 atom stereocenters. The van der Waals surface area contributed by atoms with Gasteiger partial charge in [-0.1, -0.05) is 69.8 Å². The fourth-order valence-corrected chi connectivity index (χ4v) is 9.86. The van der Waals surface area contributed by atoms with Crippen LogP contribution in [0.15, 0.2) is 23.8 Å². The van der Waals surface area contributed by atoms with Gasteiger partial charge in [-0.05, 0) is 74.5 Å². The summed E-state index contributed by atoms with van der Waals surface area (Å²) in [5.74, 6) is -2.66. The van der Waals surface area contributed by atoms with Gasteiger partial charge in [-0.3, -0.25) is 4.90 Å². The van der Waals surface area contributed by atoms with Crippen LogP contribution in [0.25, 0.3) is 0 Å². The highest BCUT2D eigenvalue weighted by molar-refractivity contribution is 6.74. The normalized spacial score (nSPS) is 27.6. The van der Waals surface area contributed by atoms with E-state index < -0.39 is 34.6 Å². The standard InChI is InChI=1S/C30H47F3NOSi2/c1-30(2,3)37(5,6)35-29-24(20-36(4)23-17-25(31)28(33)26(32)18-23)22(16-21-12-8-7-9-13-21)19-34-15-11-10-14-27(29)34/h16-18,21,24,27,29H,7-15,19-20H2,1-6H3/b22-16-/t24-,27+,29+/m1/s1. The van der Waals surface area contributed by atoms with Gasteiger partial charge in [0.1, 0.15) is 0 Å². The Morgan fingerprint density at radius 3 is 2.24 bits per heavy atom. The maximum absolute atomic E-state index is 14.2. The average molecular weight is 551 g/mol. The summed E-state index contributed by atoms with van der Waals surface area (Å²) in [5, 5.41) is 0.737. The molecule has 1 aliphatic carbocycles. The number of fused-ring (bicyclic) bond motifs is 1. The van der Waals surface area contributed by atoms with Crippen LogP contribution in [0.5, 0.6) is 0 Å². The summed E-state index contributed by atoms with van der Waals surface area (Å²) in [6.45, 7) is 15.8. The first-order valence-electron chi connectivity index (χ1n) is 14.5. The first-order valence-corrected chi connectivity index (χ1v) is 19.6. The van der Waals surface area contributed by atoms with Crippen molar-refractivity contribution in [2.24, 2.45) is 11.8 Å². The number of rotatable bonds is 6. The van der Waals surface area contributed by atoms with Gasteiger partial charge in [-0.25, -0.2) is 13.2 Å². The van der Waals surface area contributed by atoms with E-state index in [1.54, 1.807) is 0 Å². The minimum absolute atomic E-state index is 0.0971. The summed E-state index contributed by atoms with van der Waals surface area (Å²) in [6, 6.07) is 3.72. The molecule has 2 saturated heterocycles. The first kappa shape index (κ1) is 29.1. The zero-order valence-electron chi connectivity index (χ0n) is 23.8. The zero-order chi connectivity index (χ0) is 27.0. The smallest absolute Gasteiger partial charge is 0.194 e. The van der Waals surface area contributed by atoms with Crippen molar-refractivity contribution in [3.8, 4) is 0 Å². The highest BCUT2D eigenvalue weighted by Gasteiger charge is 2.48. The molecular formula is C30H47F3NOSi2. The molecule has 0 unspecified atom stereocenters. The quantitative estimate of drug-likeness (QED) is 0.203. The fraction of sp³-hybridized carbons (Fsp3) is 0.733. The lowest BCUT2D eigenvalue weighted by molar-refractivity contribution is -0.00880. The predicted molar refractivity (Wildman–Crippen MR) is 152 cm³/mol. The van der Waals surface area contributed by atoms with E-state index in [-0.39, 0.29) is 17.1 Å². The maximum Gasteiger partial charge on any atom is 0.194 e. The van der Waals surface area contributed by atoms with Gasteiger partial charge in [0.25, 0.3) is 0 Å². The van der Waals surface area contributed by atoms with E-state index in [2.05, 4.69) is 51.4 Å². The molecule has 3 aliphatic rings. The number of hydrogen-bond donors (Lipinski definition) is 0. The molecule has 0 amide bonds. The lowest BCUT2D eigenvalue weighted by Crippen LogP contribution is -2.60. The third-order valence-corrected chi connectivity index (χ3v) is 16.4. The molecular weight excluding hydrogens is 504 g/mol. The van der Waals surface area contributed by atoms with Crippen molar-refractivity contribution in [2.75, 3.05) is 13.1 Å². The molecule has 1 aromatic rings. The maximum atomic E-state index is 14.2. The fourth-order valence-electron chi connectivity index (χ4n) is 6.37. The number of nitrogens with zero attached hydrogens (tertiary/aromatic N) is 1. The summed E-state index contributed by atoms with van der Waals surface area (Å²) in [5.41, 5.74) is 1.49. The molecule has 0 bridgehead atoms. The van der Waals surface area contributed by atoms with E-state index in [0.29, 0.717) is 17.1 Å². The van der Waals surface area contributed by atoms with Crippen LogP contribution in [-0.4, -0.2) is 47.2 Å². The zero-order valence-corrected chi connectivity index (χ0v) is 25.8. The Bertz CT molecular complexity index is 947. The summed E-state index contributed by atoms with van der Waals surface area (Å²) >= 11 is 0. The Hall–Kier alpha value is -0.896. The first-order chi connectivity index (χ1) is 17.4. The van der Waals surface area contributed by atoms with Gasteiger partial charge in [0.05, 0.1) is 14.9 Å². The lowest BCUT2D eigenvalue weighted by Gasteiger charge is -2.53. The minimum Gasteiger partial charge on any atom is -0.412 e. The highest BCUT2D eigenvalue weighted by atomic mass is 28.4. The number of hydrogen-bond acceptors (Lipinski definition) is 2. The van der Waals surface area contributed by atoms with E-state index >= 15 is 0 Å². The van der Waals surface area contributed by atoms with Crippen LogP contribution in [-0.2, 0) is 4.43 Å². The Labute approximate surface area is 225 Å². The van der Waals surface area contributed by atoms with Crippen LogP contribution in [0, 0.1) is 29.3 Å². The van der Waals surface area contributed by atoms with Crippen LogP contribution in [0.1, 0.15) is 72.1 Å². The van der Waals surface area contributed by atoms with Gasteiger partial charge in [-0.15, -0.1) is 0 Å². The largest absolute Gasteiger partial charge is 0.412 e. The number of allylic oxidation sites excluding steroid dienone is 1. The van der Waals surface area contributed by atoms with Gasteiger partial charge in [0.2, 0.25) is 0 Å². The van der Waals surface area contributed by atoms with Crippen LogP contribution in [0.3, 0.4) is 0 Å². The summed E-state index contributed by atoms with van der Waals surface area (Å²) in [7, 11) is -3.39. The van der Waals surface area contributed by atoms with Gasteiger partial charge in [-0.2, -0.15) is 0 Å². The molecule has 7 heteroatoms. The molecule has 1 aromatic carbocycles. The topological polar surface area (TPSA) is 12.5 Å². The van der Waals surface area contributed by atoms with Crippen molar-refractivity contribution in [3.05, 3.63) is 41.2 Å². The minimum atomic E-state index is -2.06. The van der Waals surface area contributed by atoms with Gasteiger partial charge >= 0.3 is 0 Å². The van der Waals surface area contributed by atoms with E-state index in [1.165, 1.54) is 62.7 Å². The second-order valence-corrected chi connectivity index (χ2v) is 20.7. The van der Waals surface area contributed by atoms with Gasteiger partial charge in [0, 0.05) is 18.5 Å². The van der Waals surface area contributed by atoms with Crippen molar-refractivity contribution >= 4 is 22.3 Å². The number of piperidine rings is 2. The number of halogens is 3. The molecule has 0 N–H and O–H groups in total. The molecule has 207 valence electrons. The summed E-state index contributed by atoms with van der Waals surface area (Å²) < 4.78 is 49.4. The van der Waals surface area contributed by atoms with Gasteiger partial charge < -0.3 is 4.43 Å².